The van der Waals surface area contributed by atoms with E-state index < -0.39 is 0 Å². The van der Waals surface area contributed by atoms with E-state index in [0.717, 1.165) is 86.5 Å². The summed E-state index contributed by atoms with van der Waals surface area (Å²) in [5, 5.41) is 14.1. The second-order valence-electron chi connectivity index (χ2n) is 8.57. The molecule has 2 N–H and O–H groups in total. The van der Waals surface area contributed by atoms with Gasteiger partial charge < -0.3 is 19.8 Å². The molecule has 2 aromatic heterocycles. The van der Waals surface area contributed by atoms with E-state index in [0.29, 0.717) is 11.3 Å². The third-order valence-electron chi connectivity index (χ3n) is 6.32. The summed E-state index contributed by atoms with van der Waals surface area (Å²) in [5.41, 5.74) is 4.47. The van der Waals surface area contributed by atoms with Gasteiger partial charge >= 0.3 is 0 Å². The van der Waals surface area contributed by atoms with Crippen LogP contribution in [0.4, 0.5) is 0 Å². The Hall–Kier alpha value is -3.18. The first-order valence-electron chi connectivity index (χ1n) is 11.7. The Morgan fingerprint density at radius 1 is 1.21 bits per heavy atom. The second kappa shape index (κ2) is 10.2. The lowest BCUT2D eigenvalue weighted by Crippen LogP contribution is -2.36. The Morgan fingerprint density at radius 3 is 2.88 bits per heavy atom. The van der Waals surface area contributed by atoms with Crippen molar-refractivity contribution in [3.8, 4) is 22.9 Å². The lowest BCUT2D eigenvalue weighted by atomic mass is 10.0. The van der Waals surface area contributed by atoms with Gasteiger partial charge in [-0.25, -0.2) is 4.98 Å². The minimum atomic E-state index is 0.160. The zero-order valence-corrected chi connectivity index (χ0v) is 18.7. The van der Waals surface area contributed by atoms with Crippen molar-refractivity contribution in [3.05, 3.63) is 53.9 Å². The number of hydrogen-bond donors (Lipinski definition) is 2. The average molecular weight is 444 g/mol. The van der Waals surface area contributed by atoms with Crippen molar-refractivity contribution >= 4 is 17.1 Å². The zero-order chi connectivity index (χ0) is 22.5. The number of piperidine rings is 1. The standard InChI is InChI=1S/C26H29N5O2/c27-16-21-15-20(3-4-25(21)33-22-5-7-28-8-6-22)24-18-30-26-23(24)14-19(17-29-26)2-1-9-31-10-12-32-13-11-31/h1-4,14-15,17-18,22,28H,5-13H2,(H,29,30)/b2-1+. The summed E-state index contributed by atoms with van der Waals surface area (Å²) < 4.78 is 11.6. The molecule has 2 saturated heterocycles. The molecular weight excluding hydrogens is 414 g/mol. The van der Waals surface area contributed by atoms with E-state index in [9.17, 15) is 5.26 Å². The van der Waals surface area contributed by atoms with Gasteiger partial charge in [-0.05, 0) is 55.3 Å². The Balaban J connectivity index is 1.36. The fourth-order valence-corrected chi connectivity index (χ4v) is 4.45. The maximum absolute atomic E-state index is 9.75. The first-order chi connectivity index (χ1) is 16.3. The molecule has 0 saturated carbocycles. The smallest absolute Gasteiger partial charge is 0.137 e. The number of pyridine rings is 1. The largest absolute Gasteiger partial charge is 0.489 e. The normalized spacial score (nSPS) is 18.0. The molecule has 2 aliphatic rings. The summed E-state index contributed by atoms with van der Waals surface area (Å²) in [4.78, 5) is 10.2. The first-order valence-corrected chi connectivity index (χ1v) is 11.7. The molecule has 2 aliphatic heterocycles. The average Bonchev–Trinajstić information content (AvgIpc) is 3.29. The van der Waals surface area contributed by atoms with Gasteiger partial charge in [0.2, 0.25) is 0 Å². The van der Waals surface area contributed by atoms with Crippen molar-refractivity contribution < 1.29 is 9.47 Å². The maximum Gasteiger partial charge on any atom is 0.137 e. The van der Waals surface area contributed by atoms with Crippen molar-refractivity contribution in [2.24, 2.45) is 0 Å². The van der Waals surface area contributed by atoms with E-state index in [2.05, 4.69) is 44.5 Å². The van der Waals surface area contributed by atoms with Crippen LogP contribution in [0, 0.1) is 11.3 Å². The van der Waals surface area contributed by atoms with E-state index in [-0.39, 0.29) is 6.10 Å². The van der Waals surface area contributed by atoms with E-state index in [1.165, 1.54) is 0 Å². The highest BCUT2D eigenvalue weighted by Gasteiger charge is 2.17. The van der Waals surface area contributed by atoms with Crippen molar-refractivity contribution in [2.75, 3.05) is 45.9 Å². The summed E-state index contributed by atoms with van der Waals surface area (Å²) in [5.74, 6) is 0.665. The highest BCUT2D eigenvalue weighted by molar-refractivity contribution is 5.95. The Morgan fingerprint density at radius 2 is 2.06 bits per heavy atom. The number of aromatic amines is 1. The summed E-state index contributed by atoms with van der Waals surface area (Å²) in [6.07, 6.45) is 10.2. The number of morpholine rings is 1. The molecular formula is C26H29N5O2. The molecule has 33 heavy (non-hydrogen) atoms. The molecule has 4 heterocycles. The first kappa shape index (κ1) is 21.7. The number of rotatable bonds is 6. The van der Waals surface area contributed by atoms with Gasteiger partial charge in [-0.15, -0.1) is 0 Å². The highest BCUT2D eigenvalue weighted by atomic mass is 16.5. The van der Waals surface area contributed by atoms with Crippen molar-refractivity contribution in [1.82, 2.24) is 20.2 Å². The summed E-state index contributed by atoms with van der Waals surface area (Å²) in [7, 11) is 0. The molecule has 170 valence electrons. The molecule has 2 fully saturated rings. The molecule has 3 aromatic rings. The number of hydrogen-bond acceptors (Lipinski definition) is 6. The number of fused-ring (bicyclic) bond motifs is 1. The Labute approximate surface area is 194 Å². The van der Waals surface area contributed by atoms with E-state index in [4.69, 9.17) is 9.47 Å². The molecule has 7 nitrogen and oxygen atoms in total. The Bertz CT molecular complexity index is 1170. The summed E-state index contributed by atoms with van der Waals surface area (Å²) in [6.45, 7) is 6.38. The predicted octanol–water partition coefficient (Wildman–Crippen LogP) is 3.58. The molecule has 0 spiro atoms. The molecule has 0 unspecified atom stereocenters. The minimum absolute atomic E-state index is 0.160. The van der Waals surface area contributed by atoms with Gasteiger partial charge in [0.05, 0.1) is 18.8 Å². The van der Waals surface area contributed by atoms with Crippen LogP contribution in [0.2, 0.25) is 0 Å². The van der Waals surface area contributed by atoms with Crippen LogP contribution in [0.1, 0.15) is 24.0 Å². The fourth-order valence-electron chi connectivity index (χ4n) is 4.45. The minimum Gasteiger partial charge on any atom is -0.489 e. The number of ether oxygens (including phenoxy) is 2. The molecule has 1 aromatic carbocycles. The predicted molar refractivity (Wildman–Crippen MR) is 129 cm³/mol. The molecule has 0 bridgehead atoms. The Kier molecular flexibility index (Phi) is 6.68. The van der Waals surface area contributed by atoms with Crippen molar-refractivity contribution in [1.29, 1.82) is 5.26 Å². The molecule has 5 rings (SSSR count). The molecule has 7 heteroatoms. The molecule has 0 radical (unpaired) electrons. The lowest BCUT2D eigenvalue weighted by Gasteiger charge is -2.25. The number of aromatic nitrogens is 2. The van der Waals surface area contributed by atoms with Gasteiger partial charge in [0, 0.05) is 43.0 Å². The van der Waals surface area contributed by atoms with E-state index in [1.807, 2.05) is 30.6 Å². The number of nitriles is 1. The highest BCUT2D eigenvalue weighted by Crippen LogP contribution is 2.32. The van der Waals surface area contributed by atoms with Crippen LogP contribution in [-0.2, 0) is 4.74 Å². The monoisotopic (exact) mass is 443 g/mol. The zero-order valence-electron chi connectivity index (χ0n) is 18.7. The molecule has 0 amide bonds. The number of H-pyrrole nitrogens is 1. The van der Waals surface area contributed by atoms with E-state index in [1.54, 1.807) is 0 Å². The van der Waals surface area contributed by atoms with Crippen LogP contribution in [0.25, 0.3) is 28.2 Å². The molecule has 0 aliphatic carbocycles. The van der Waals surface area contributed by atoms with Gasteiger partial charge in [0.25, 0.3) is 0 Å². The van der Waals surface area contributed by atoms with Crippen molar-refractivity contribution in [3.63, 3.8) is 0 Å². The van der Waals surface area contributed by atoms with Crippen LogP contribution in [0.3, 0.4) is 0 Å². The fraction of sp³-hybridized carbons (Fsp3) is 0.385. The number of benzene rings is 1. The number of nitrogens with one attached hydrogen (secondary N) is 2. The third kappa shape index (κ3) is 5.09. The van der Waals surface area contributed by atoms with Crippen molar-refractivity contribution in [2.45, 2.75) is 18.9 Å². The second-order valence-corrected chi connectivity index (χ2v) is 8.57. The topological polar surface area (TPSA) is 86.2 Å². The SMILES string of the molecule is N#Cc1cc(-c2c[nH]c3ncc(/C=C/CN4CCOCC4)cc23)ccc1OC1CCNCC1. The molecule has 0 atom stereocenters. The quantitative estimate of drug-likeness (QED) is 0.606. The van der Waals surface area contributed by atoms with Gasteiger partial charge in [-0.3, -0.25) is 4.90 Å². The van der Waals surface area contributed by atoms with Gasteiger partial charge in [0.15, 0.2) is 0 Å². The van der Waals surface area contributed by atoms with Gasteiger partial charge in [0.1, 0.15) is 23.6 Å². The van der Waals surface area contributed by atoms with Crippen LogP contribution in [0.15, 0.2) is 42.7 Å². The summed E-state index contributed by atoms with van der Waals surface area (Å²) >= 11 is 0. The van der Waals surface area contributed by atoms with Gasteiger partial charge in [-0.1, -0.05) is 18.2 Å². The van der Waals surface area contributed by atoms with E-state index >= 15 is 0 Å². The number of nitrogens with zero attached hydrogens (tertiary/aromatic N) is 3. The van der Waals surface area contributed by atoms with Crippen LogP contribution < -0.4 is 10.1 Å². The summed E-state index contributed by atoms with van der Waals surface area (Å²) in [6, 6.07) is 10.3. The van der Waals surface area contributed by atoms with Crippen LogP contribution in [-0.4, -0.2) is 66.9 Å². The lowest BCUT2D eigenvalue weighted by molar-refractivity contribution is 0.0435. The third-order valence-corrected chi connectivity index (χ3v) is 6.32. The van der Waals surface area contributed by atoms with Crippen LogP contribution >= 0.6 is 0 Å². The van der Waals surface area contributed by atoms with Crippen LogP contribution in [0.5, 0.6) is 5.75 Å². The van der Waals surface area contributed by atoms with Gasteiger partial charge in [-0.2, -0.15) is 5.26 Å². The maximum atomic E-state index is 9.75.